The molecule has 8 nitrogen and oxygen atoms in total. The van der Waals surface area contributed by atoms with Gasteiger partial charge in [0.05, 0.1) is 12.4 Å². The lowest BCUT2D eigenvalue weighted by Gasteiger charge is -2.32. The van der Waals surface area contributed by atoms with Crippen LogP contribution in [0.2, 0.25) is 0 Å². The standard InChI is InChI=1S/C18H31N5O3S.HI/c1-4-12-26-17-7-6-15(13-20-17)14-21-18(19-3)22-16-8-10-23(11-9-16)27(24,25)5-2;/h6-7,13,16H,4-5,8-12,14H2,1-3H3,(H2,19,21,22);1H. The van der Waals surface area contributed by atoms with Gasteiger partial charge < -0.3 is 15.4 Å². The van der Waals surface area contributed by atoms with E-state index in [4.69, 9.17) is 4.74 Å². The first-order chi connectivity index (χ1) is 13.0. The Balaban J connectivity index is 0.00000392. The summed E-state index contributed by atoms with van der Waals surface area (Å²) in [6, 6.07) is 4.06. The van der Waals surface area contributed by atoms with Crippen molar-refractivity contribution in [3.63, 3.8) is 0 Å². The minimum absolute atomic E-state index is 0. The number of rotatable bonds is 8. The Labute approximate surface area is 185 Å². The summed E-state index contributed by atoms with van der Waals surface area (Å²) in [6.07, 6.45) is 4.28. The Morgan fingerprint density at radius 2 is 2.04 bits per heavy atom. The van der Waals surface area contributed by atoms with Crippen molar-refractivity contribution in [2.24, 2.45) is 4.99 Å². The largest absolute Gasteiger partial charge is 0.478 e. The topological polar surface area (TPSA) is 95.9 Å². The van der Waals surface area contributed by atoms with Crippen LogP contribution in [0.25, 0.3) is 0 Å². The average molecular weight is 525 g/mol. The van der Waals surface area contributed by atoms with Gasteiger partial charge in [0.25, 0.3) is 0 Å². The summed E-state index contributed by atoms with van der Waals surface area (Å²) >= 11 is 0. The molecule has 1 aromatic rings. The Kier molecular flexibility index (Phi) is 11.1. The number of nitrogens with zero attached hydrogens (tertiary/aromatic N) is 3. The molecule has 2 rings (SSSR count). The molecule has 1 aliphatic heterocycles. The summed E-state index contributed by atoms with van der Waals surface area (Å²) in [7, 11) is -1.36. The molecule has 0 bridgehead atoms. The van der Waals surface area contributed by atoms with Crippen LogP contribution in [0.15, 0.2) is 23.3 Å². The Morgan fingerprint density at radius 1 is 1.32 bits per heavy atom. The summed E-state index contributed by atoms with van der Waals surface area (Å²) in [6.45, 7) is 6.11. The number of halogens is 1. The van der Waals surface area contributed by atoms with E-state index in [1.807, 2.05) is 12.1 Å². The van der Waals surface area contributed by atoms with Gasteiger partial charge in [0.2, 0.25) is 15.9 Å². The number of piperidine rings is 1. The number of aliphatic imine (C=N–C) groups is 1. The van der Waals surface area contributed by atoms with Crippen molar-refractivity contribution in [1.82, 2.24) is 19.9 Å². The van der Waals surface area contributed by atoms with E-state index in [-0.39, 0.29) is 35.8 Å². The lowest BCUT2D eigenvalue weighted by atomic mass is 10.1. The second-order valence-corrected chi connectivity index (χ2v) is 8.75. The van der Waals surface area contributed by atoms with E-state index in [0.29, 0.717) is 38.1 Å². The van der Waals surface area contributed by atoms with Gasteiger partial charge in [-0.25, -0.2) is 17.7 Å². The molecule has 160 valence electrons. The number of nitrogens with one attached hydrogen (secondary N) is 2. The molecule has 1 saturated heterocycles. The molecule has 0 atom stereocenters. The minimum Gasteiger partial charge on any atom is -0.478 e. The highest BCUT2D eigenvalue weighted by Gasteiger charge is 2.26. The third kappa shape index (κ3) is 7.70. The highest BCUT2D eigenvalue weighted by atomic mass is 127. The zero-order valence-corrected chi connectivity index (χ0v) is 20.0. The molecular formula is C18H32IN5O3S. The first kappa shape index (κ1) is 24.9. The molecule has 1 aliphatic rings. The molecule has 1 aromatic heterocycles. The maximum atomic E-state index is 11.9. The molecule has 0 amide bonds. The smallest absolute Gasteiger partial charge is 0.213 e. The van der Waals surface area contributed by atoms with Crippen LogP contribution in [0.4, 0.5) is 0 Å². The number of sulfonamides is 1. The molecule has 28 heavy (non-hydrogen) atoms. The Hall–Kier alpha value is -1.14. The van der Waals surface area contributed by atoms with Crippen LogP contribution in [0.3, 0.4) is 0 Å². The van der Waals surface area contributed by atoms with Gasteiger partial charge in [-0.1, -0.05) is 13.0 Å². The molecule has 2 N–H and O–H groups in total. The van der Waals surface area contributed by atoms with Crippen LogP contribution < -0.4 is 15.4 Å². The van der Waals surface area contributed by atoms with Crippen molar-refractivity contribution in [2.45, 2.75) is 45.7 Å². The second kappa shape index (κ2) is 12.4. The summed E-state index contributed by atoms with van der Waals surface area (Å²) < 4.78 is 30.9. The highest BCUT2D eigenvalue weighted by molar-refractivity contribution is 14.0. The van der Waals surface area contributed by atoms with Gasteiger partial charge >= 0.3 is 0 Å². The number of guanidine groups is 1. The Morgan fingerprint density at radius 3 is 2.57 bits per heavy atom. The lowest BCUT2D eigenvalue weighted by Crippen LogP contribution is -2.49. The Bertz CT molecular complexity index is 704. The third-order valence-electron chi connectivity index (χ3n) is 4.49. The van der Waals surface area contributed by atoms with E-state index in [9.17, 15) is 8.42 Å². The van der Waals surface area contributed by atoms with Crippen molar-refractivity contribution in [2.75, 3.05) is 32.5 Å². The van der Waals surface area contributed by atoms with Gasteiger partial charge in [0.1, 0.15) is 0 Å². The van der Waals surface area contributed by atoms with Crippen LogP contribution in [-0.2, 0) is 16.6 Å². The van der Waals surface area contributed by atoms with E-state index in [0.717, 1.165) is 24.8 Å². The van der Waals surface area contributed by atoms with Crippen LogP contribution in [0, 0.1) is 0 Å². The van der Waals surface area contributed by atoms with Gasteiger partial charge in [-0.15, -0.1) is 24.0 Å². The van der Waals surface area contributed by atoms with Crippen molar-refractivity contribution >= 4 is 40.0 Å². The zero-order valence-electron chi connectivity index (χ0n) is 16.8. The number of hydrogen-bond acceptors (Lipinski definition) is 5. The SMILES string of the molecule is CCCOc1ccc(CNC(=NC)NC2CCN(S(=O)(=O)CC)CC2)cn1.I. The van der Waals surface area contributed by atoms with E-state index in [1.54, 1.807) is 24.5 Å². The normalized spacial score (nSPS) is 16.3. The molecule has 0 saturated carbocycles. The van der Waals surface area contributed by atoms with Gasteiger partial charge in [-0.05, 0) is 31.7 Å². The molecule has 2 heterocycles. The number of aromatic nitrogens is 1. The monoisotopic (exact) mass is 525 g/mol. The number of hydrogen-bond donors (Lipinski definition) is 2. The summed E-state index contributed by atoms with van der Waals surface area (Å²) in [5.74, 6) is 1.50. The summed E-state index contributed by atoms with van der Waals surface area (Å²) in [5, 5.41) is 6.65. The molecule has 10 heteroatoms. The fourth-order valence-corrected chi connectivity index (χ4v) is 3.97. The quantitative estimate of drug-likeness (QED) is 0.306. The maximum Gasteiger partial charge on any atom is 0.213 e. The van der Waals surface area contributed by atoms with Gasteiger partial charge in [0.15, 0.2) is 5.96 Å². The maximum absolute atomic E-state index is 11.9. The highest BCUT2D eigenvalue weighted by Crippen LogP contribution is 2.14. The van der Waals surface area contributed by atoms with Crippen LogP contribution in [-0.4, -0.2) is 62.2 Å². The first-order valence-corrected chi connectivity index (χ1v) is 11.1. The number of ether oxygens (including phenoxy) is 1. The fourth-order valence-electron chi connectivity index (χ4n) is 2.84. The number of pyridine rings is 1. The van der Waals surface area contributed by atoms with E-state index in [2.05, 4.69) is 27.5 Å². The van der Waals surface area contributed by atoms with Crippen molar-refractivity contribution in [3.8, 4) is 5.88 Å². The van der Waals surface area contributed by atoms with Crippen molar-refractivity contribution < 1.29 is 13.2 Å². The molecule has 0 aliphatic carbocycles. The van der Waals surface area contributed by atoms with Crippen LogP contribution in [0.1, 0.15) is 38.7 Å². The average Bonchev–Trinajstić information content (AvgIpc) is 2.70. The van der Waals surface area contributed by atoms with E-state index < -0.39 is 10.0 Å². The molecule has 1 fully saturated rings. The van der Waals surface area contributed by atoms with Crippen LogP contribution >= 0.6 is 24.0 Å². The molecule has 0 radical (unpaired) electrons. The van der Waals surface area contributed by atoms with Gasteiger partial charge in [-0.3, -0.25) is 4.99 Å². The van der Waals surface area contributed by atoms with Gasteiger partial charge in [-0.2, -0.15) is 0 Å². The molecule has 0 spiro atoms. The molecule has 0 aromatic carbocycles. The molecular weight excluding hydrogens is 493 g/mol. The second-order valence-electron chi connectivity index (χ2n) is 6.50. The van der Waals surface area contributed by atoms with Crippen LogP contribution in [0.5, 0.6) is 5.88 Å². The predicted molar refractivity (Wildman–Crippen MR) is 123 cm³/mol. The minimum atomic E-state index is -3.09. The van der Waals surface area contributed by atoms with Crippen molar-refractivity contribution in [3.05, 3.63) is 23.9 Å². The van der Waals surface area contributed by atoms with Crippen molar-refractivity contribution in [1.29, 1.82) is 0 Å². The lowest BCUT2D eigenvalue weighted by molar-refractivity contribution is 0.305. The summed E-state index contributed by atoms with van der Waals surface area (Å²) in [4.78, 5) is 8.55. The first-order valence-electron chi connectivity index (χ1n) is 9.51. The third-order valence-corrected chi connectivity index (χ3v) is 6.37. The predicted octanol–water partition coefficient (Wildman–Crippen LogP) is 1.97. The van der Waals surface area contributed by atoms with E-state index >= 15 is 0 Å². The van der Waals surface area contributed by atoms with E-state index in [1.165, 1.54) is 0 Å². The molecule has 0 unspecified atom stereocenters. The fraction of sp³-hybridized carbons (Fsp3) is 0.667. The van der Waals surface area contributed by atoms with Gasteiger partial charge in [0, 0.05) is 45.0 Å². The zero-order chi connectivity index (χ0) is 19.7. The summed E-state index contributed by atoms with van der Waals surface area (Å²) in [5.41, 5.74) is 1.03.